The number of hydrogen-bond donors (Lipinski definition) is 1. The van der Waals surface area contributed by atoms with Crippen molar-refractivity contribution in [2.75, 3.05) is 6.54 Å². The topological polar surface area (TPSA) is 48.1 Å². The average Bonchev–Trinajstić information content (AvgIpc) is 2.38. The lowest BCUT2D eigenvalue weighted by molar-refractivity contribution is 0.455. The van der Waals surface area contributed by atoms with Gasteiger partial charge >= 0.3 is 0 Å². The van der Waals surface area contributed by atoms with Crippen molar-refractivity contribution in [2.24, 2.45) is 5.73 Å². The van der Waals surface area contributed by atoms with Gasteiger partial charge in [0.05, 0.1) is 0 Å². The molecule has 0 spiro atoms. The van der Waals surface area contributed by atoms with Crippen LogP contribution in [0.25, 0.3) is 0 Å². The molecule has 0 saturated carbocycles. The van der Waals surface area contributed by atoms with Gasteiger partial charge in [-0.3, -0.25) is 0 Å². The third kappa shape index (κ3) is 3.33. The van der Waals surface area contributed by atoms with Crippen LogP contribution in [0.15, 0.2) is 34.9 Å². The maximum atomic E-state index is 5.89. The Morgan fingerprint density at radius 2 is 1.95 bits per heavy atom. The van der Waals surface area contributed by atoms with Gasteiger partial charge in [0.15, 0.2) is 0 Å². The van der Waals surface area contributed by atoms with Crippen molar-refractivity contribution in [3.8, 4) is 11.6 Å². The molecular weight excluding hydrogens is 304 g/mol. The van der Waals surface area contributed by atoms with Crippen LogP contribution in [-0.2, 0) is 6.42 Å². The lowest BCUT2D eigenvalue weighted by Crippen LogP contribution is -2.04. The first-order valence-corrected chi connectivity index (χ1v) is 6.99. The van der Waals surface area contributed by atoms with E-state index in [1.807, 2.05) is 38.1 Å². The monoisotopic (exact) mass is 320 g/mol. The predicted octanol–water partition coefficient (Wildman–Crippen LogP) is 3.75. The lowest BCUT2D eigenvalue weighted by atomic mass is 10.1. The van der Waals surface area contributed by atoms with E-state index in [2.05, 4.69) is 20.9 Å². The Balaban J connectivity index is 2.31. The lowest BCUT2D eigenvalue weighted by Gasteiger charge is -2.11. The number of ether oxygens (including phenoxy) is 1. The van der Waals surface area contributed by atoms with Crippen molar-refractivity contribution in [3.63, 3.8) is 0 Å². The van der Waals surface area contributed by atoms with E-state index in [9.17, 15) is 0 Å². The summed E-state index contributed by atoms with van der Waals surface area (Å²) < 4.78 is 7.01. The molecule has 1 heterocycles. The van der Waals surface area contributed by atoms with E-state index in [4.69, 9.17) is 10.5 Å². The molecule has 0 unspecified atom stereocenters. The van der Waals surface area contributed by atoms with Crippen molar-refractivity contribution in [2.45, 2.75) is 20.3 Å². The Morgan fingerprint density at radius 1 is 1.26 bits per heavy atom. The van der Waals surface area contributed by atoms with Crippen LogP contribution in [0.1, 0.15) is 16.7 Å². The highest BCUT2D eigenvalue weighted by molar-refractivity contribution is 9.10. The minimum Gasteiger partial charge on any atom is -0.439 e. The van der Waals surface area contributed by atoms with Crippen LogP contribution in [0.2, 0.25) is 0 Å². The predicted molar refractivity (Wildman–Crippen MR) is 80.7 cm³/mol. The van der Waals surface area contributed by atoms with E-state index < -0.39 is 0 Å². The number of hydrogen-bond acceptors (Lipinski definition) is 3. The second kappa shape index (κ2) is 6.17. The molecule has 0 fully saturated rings. The summed E-state index contributed by atoms with van der Waals surface area (Å²) in [6.07, 6.45) is 2.49. The first-order valence-electron chi connectivity index (χ1n) is 6.20. The minimum atomic E-state index is 0.584. The summed E-state index contributed by atoms with van der Waals surface area (Å²) in [6, 6.07) is 7.89. The molecule has 1 aromatic heterocycles. The third-order valence-electron chi connectivity index (χ3n) is 2.89. The Kier molecular flexibility index (Phi) is 4.56. The molecule has 3 nitrogen and oxygen atoms in total. The number of nitrogens with zero attached hydrogens (tertiary/aromatic N) is 1. The van der Waals surface area contributed by atoms with Crippen molar-refractivity contribution < 1.29 is 4.74 Å². The van der Waals surface area contributed by atoms with E-state index in [0.717, 1.165) is 33.3 Å². The van der Waals surface area contributed by atoms with Gasteiger partial charge in [0.25, 0.3) is 0 Å². The van der Waals surface area contributed by atoms with E-state index in [0.29, 0.717) is 12.4 Å². The first-order chi connectivity index (χ1) is 9.11. The quantitative estimate of drug-likeness (QED) is 0.933. The highest BCUT2D eigenvalue weighted by Crippen LogP contribution is 2.29. The van der Waals surface area contributed by atoms with Gasteiger partial charge in [0.1, 0.15) is 5.75 Å². The average molecular weight is 321 g/mol. The summed E-state index contributed by atoms with van der Waals surface area (Å²) >= 11 is 3.55. The molecule has 2 rings (SSSR count). The Morgan fingerprint density at radius 3 is 2.58 bits per heavy atom. The standard InChI is InChI=1S/C15H17BrN2O/c1-10-8-13(9-11(2)14(10)16)19-15-12(5-6-17)4-3-7-18-15/h3-4,7-9H,5-6,17H2,1-2H3. The fraction of sp³-hybridized carbons (Fsp3) is 0.267. The maximum Gasteiger partial charge on any atom is 0.222 e. The largest absolute Gasteiger partial charge is 0.439 e. The third-order valence-corrected chi connectivity index (χ3v) is 4.14. The zero-order valence-electron chi connectivity index (χ0n) is 11.1. The number of aromatic nitrogens is 1. The Labute approximate surface area is 121 Å². The molecule has 4 heteroatoms. The molecule has 0 radical (unpaired) electrons. The van der Waals surface area contributed by atoms with Gasteiger partial charge in [0.2, 0.25) is 5.88 Å². The SMILES string of the molecule is Cc1cc(Oc2ncccc2CCN)cc(C)c1Br. The number of nitrogens with two attached hydrogens (primary N) is 1. The van der Waals surface area contributed by atoms with Crippen molar-refractivity contribution in [3.05, 3.63) is 51.6 Å². The number of rotatable bonds is 4. The minimum absolute atomic E-state index is 0.584. The van der Waals surface area contributed by atoms with E-state index in [1.165, 1.54) is 0 Å². The summed E-state index contributed by atoms with van der Waals surface area (Å²) in [5.41, 5.74) is 8.92. The molecule has 1 aromatic carbocycles. The Hall–Kier alpha value is -1.39. The van der Waals surface area contributed by atoms with E-state index in [-0.39, 0.29) is 0 Å². The molecule has 0 aliphatic rings. The molecule has 0 aliphatic carbocycles. The number of benzene rings is 1. The zero-order chi connectivity index (χ0) is 13.8. The van der Waals surface area contributed by atoms with E-state index in [1.54, 1.807) is 6.20 Å². The summed E-state index contributed by atoms with van der Waals surface area (Å²) in [6.45, 7) is 4.67. The molecule has 0 aliphatic heterocycles. The smallest absolute Gasteiger partial charge is 0.222 e. The summed E-state index contributed by atoms with van der Waals surface area (Å²) in [7, 11) is 0. The van der Waals surface area contributed by atoms with Crippen LogP contribution < -0.4 is 10.5 Å². The van der Waals surface area contributed by atoms with Gasteiger partial charge in [-0.05, 0) is 56.1 Å². The van der Waals surface area contributed by atoms with Gasteiger partial charge in [-0.2, -0.15) is 0 Å². The first kappa shape index (κ1) is 14.0. The van der Waals surface area contributed by atoms with Crippen molar-refractivity contribution in [1.29, 1.82) is 0 Å². The molecular formula is C15H17BrN2O. The number of aryl methyl sites for hydroxylation is 2. The van der Waals surface area contributed by atoms with Gasteiger partial charge in [0, 0.05) is 16.2 Å². The summed E-state index contributed by atoms with van der Waals surface area (Å²) in [5.74, 6) is 1.43. The molecule has 100 valence electrons. The Bertz CT molecular complexity index is 561. The zero-order valence-corrected chi connectivity index (χ0v) is 12.7. The second-order valence-corrected chi connectivity index (χ2v) is 5.27. The van der Waals surface area contributed by atoms with Crippen LogP contribution in [0.5, 0.6) is 11.6 Å². The van der Waals surface area contributed by atoms with Crippen molar-refractivity contribution >= 4 is 15.9 Å². The molecule has 0 amide bonds. The van der Waals surface area contributed by atoms with Crippen LogP contribution >= 0.6 is 15.9 Å². The number of pyridine rings is 1. The van der Waals surface area contributed by atoms with E-state index >= 15 is 0 Å². The highest BCUT2D eigenvalue weighted by Gasteiger charge is 2.08. The molecule has 0 bridgehead atoms. The van der Waals surface area contributed by atoms with Gasteiger partial charge in [-0.1, -0.05) is 22.0 Å². The summed E-state index contributed by atoms with van der Waals surface area (Å²) in [5, 5.41) is 0. The fourth-order valence-electron chi connectivity index (χ4n) is 1.94. The van der Waals surface area contributed by atoms with Crippen LogP contribution in [0, 0.1) is 13.8 Å². The maximum absolute atomic E-state index is 5.89. The molecule has 2 aromatic rings. The van der Waals surface area contributed by atoms with Gasteiger partial charge in [-0.25, -0.2) is 4.98 Å². The van der Waals surface area contributed by atoms with Crippen LogP contribution in [0.3, 0.4) is 0 Å². The molecule has 2 N–H and O–H groups in total. The molecule has 19 heavy (non-hydrogen) atoms. The van der Waals surface area contributed by atoms with Crippen LogP contribution in [-0.4, -0.2) is 11.5 Å². The van der Waals surface area contributed by atoms with Gasteiger partial charge in [-0.15, -0.1) is 0 Å². The fourth-order valence-corrected chi connectivity index (χ4v) is 2.17. The number of halogens is 1. The van der Waals surface area contributed by atoms with Gasteiger partial charge < -0.3 is 10.5 Å². The summed E-state index contributed by atoms with van der Waals surface area (Å²) in [4.78, 5) is 4.28. The highest BCUT2D eigenvalue weighted by atomic mass is 79.9. The molecule has 0 saturated heterocycles. The van der Waals surface area contributed by atoms with Crippen molar-refractivity contribution in [1.82, 2.24) is 4.98 Å². The second-order valence-electron chi connectivity index (χ2n) is 4.48. The van der Waals surface area contributed by atoms with Crippen LogP contribution in [0.4, 0.5) is 0 Å². The molecule has 0 atom stereocenters. The normalized spacial score (nSPS) is 10.5.